The summed E-state index contributed by atoms with van der Waals surface area (Å²) in [7, 11) is 1.49. The van der Waals surface area contributed by atoms with Gasteiger partial charge in [-0.2, -0.15) is 13.2 Å². The van der Waals surface area contributed by atoms with E-state index in [1.54, 1.807) is 25.1 Å². The molecule has 10 heteroatoms. The number of halogens is 4. The van der Waals surface area contributed by atoms with Gasteiger partial charge in [-0.25, -0.2) is 9.78 Å². The molecule has 1 aliphatic rings. The molecule has 0 bridgehead atoms. The first-order valence-corrected chi connectivity index (χ1v) is 9.07. The minimum absolute atomic E-state index is 0.0773. The van der Waals surface area contributed by atoms with E-state index >= 15 is 0 Å². The molecule has 1 aromatic heterocycles. The third-order valence-corrected chi connectivity index (χ3v) is 5.09. The van der Waals surface area contributed by atoms with Crippen molar-refractivity contribution in [2.75, 3.05) is 18.5 Å². The van der Waals surface area contributed by atoms with E-state index in [1.165, 1.54) is 29.0 Å². The number of benzene rings is 1. The lowest BCUT2D eigenvalue weighted by Gasteiger charge is -2.18. The van der Waals surface area contributed by atoms with E-state index in [0.29, 0.717) is 5.82 Å². The van der Waals surface area contributed by atoms with Crippen LogP contribution < -0.4 is 10.2 Å². The zero-order chi connectivity index (χ0) is 21.3. The Bertz CT molecular complexity index is 951. The topological polar surface area (TPSA) is 65.5 Å². The lowest BCUT2D eigenvalue weighted by atomic mass is 10.1. The van der Waals surface area contributed by atoms with Gasteiger partial charge in [0, 0.05) is 19.3 Å². The van der Waals surface area contributed by atoms with E-state index in [0.717, 1.165) is 11.8 Å². The fraction of sp³-hybridized carbons (Fsp3) is 0.316. The second kappa shape index (κ2) is 7.90. The molecule has 154 valence electrons. The smallest absolute Gasteiger partial charge is 0.350 e. The van der Waals surface area contributed by atoms with Gasteiger partial charge >= 0.3 is 12.2 Å². The number of aromatic nitrogens is 1. The Kier molecular flexibility index (Phi) is 5.70. The molecule has 3 amide bonds. The zero-order valence-electron chi connectivity index (χ0n) is 15.6. The quantitative estimate of drug-likeness (QED) is 0.812. The number of aryl methyl sites for hydroxylation is 1. The van der Waals surface area contributed by atoms with Gasteiger partial charge in [-0.05, 0) is 30.7 Å². The number of hydrogen-bond acceptors (Lipinski definition) is 3. The first kappa shape index (κ1) is 20.9. The van der Waals surface area contributed by atoms with Crippen LogP contribution in [0.2, 0.25) is 5.02 Å². The maximum absolute atomic E-state index is 13.0. The molecule has 0 radical (unpaired) electrons. The fourth-order valence-corrected chi connectivity index (χ4v) is 3.36. The Hall–Kier alpha value is -2.81. The SMILES string of the molecule is Cc1cccc(N2C[C@@H](C(=O)NCc3cccc(C(F)(F)F)c3Cl)N(C)C2=O)n1. The number of carbonyl (C=O) groups excluding carboxylic acids is 2. The summed E-state index contributed by atoms with van der Waals surface area (Å²) in [6.45, 7) is 1.67. The van der Waals surface area contributed by atoms with E-state index in [4.69, 9.17) is 11.6 Å². The molecule has 1 fully saturated rings. The number of nitrogens with zero attached hydrogens (tertiary/aromatic N) is 3. The zero-order valence-corrected chi connectivity index (χ0v) is 16.4. The van der Waals surface area contributed by atoms with Crippen molar-refractivity contribution in [2.24, 2.45) is 0 Å². The third kappa shape index (κ3) is 4.29. The molecule has 2 aromatic rings. The Morgan fingerprint density at radius 1 is 1.28 bits per heavy atom. The van der Waals surface area contributed by atoms with Gasteiger partial charge in [-0.3, -0.25) is 9.69 Å². The van der Waals surface area contributed by atoms with Crippen LogP contribution in [0.15, 0.2) is 36.4 Å². The van der Waals surface area contributed by atoms with Crippen LogP contribution in [0, 0.1) is 6.92 Å². The highest BCUT2D eigenvalue weighted by atomic mass is 35.5. The summed E-state index contributed by atoms with van der Waals surface area (Å²) in [5.41, 5.74) is -0.0974. The molecule has 2 heterocycles. The van der Waals surface area contributed by atoms with Gasteiger partial charge in [0.2, 0.25) is 5.91 Å². The van der Waals surface area contributed by atoms with Gasteiger partial charge < -0.3 is 10.2 Å². The summed E-state index contributed by atoms with van der Waals surface area (Å²) >= 11 is 5.85. The molecule has 0 saturated carbocycles. The van der Waals surface area contributed by atoms with Crippen molar-refractivity contribution < 1.29 is 22.8 Å². The number of rotatable bonds is 4. The molecule has 29 heavy (non-hydrogen) atoms. The minimum Gasteiger partial charge on any atom is -0.350 e. The van der Waals surface area contributed by atoms with E-state index in [2.05, 4.69) is 10.3 Å². The third-order valence-electron chi connectivity index (χ3n) is 4.65. The van der Waals surface area contributed by atoms with Crippen molar-refractivity contribution in [1.82, 2.24) is 15.2 Å². The van der Waals surface area contributed by atoms with Crippen LogP contribution in [0.5, 0.6) is 0 Å². The van der Waals surface area contributed by atoms with Crippen LogP contribution in [-0.2, 0) is 17.5 Å². The Balaban J connectivity index is 1.71. The molecular weight excluding hydrogens is 409 g/mol. The summed E-state index contributed by atoms with van der Waals surface area (Å²) < 4.78 is 38.9. The van der Waals surface area contributed by atoms with Crippen LogP contribution in [0.4, 0.5) is 23.8 Å². The highest BCUT2D eigenvalue weighted by molar-refractivity contribution is 6.32. The molecule has 1 atom stereocenters. The minimum atomic E-state index is -4.59. The molecule has 1 saturated heterocycles. The van der Waals surface area contributed by atoms with Crippen molar-refractivity contribution in [3.05, 3.63) is 58.2 Å². The highest BCUT2D eigenvalue weighted by Gasteiger charge is 2.40. The molecule has 1 aliphatic heterocycles. The average molecular weight is 427 g/mol. The highest BCUT2D eigenvalue weighted by Crippen LogP contribution is 2.36. The standard InChI is InChI=1S/C19H18ClF3N4O2/c1-11-5-3-8-15(25-11)27-10-14(26(2)18(27)29)17(28)24-9-12-6-4-7-13(16(12)20)19(21,22)23/h3-8,14H,9-10H2,1-2H3,(H,24,28)/t14-/m0/s1. The monoisotopic (exact) mass is 426 g/mol. The van der Waals surface area contributed by atoms with E-state index in [-0.39, 0.29) is 24.7 Å². The normalized spacial score (nSPS) is 17.0. The molecule has 6 nitrogen and oxygen atoms in total. The average Bonchev–Trinajstić information content (AvgIpc) is 2.95. The number of amides is 3. The van der Waals surface area contributed by atoms with Crippen LogP contribution in [0.25, 0.3) is 0 Å². The van der Waals surface area contributed by atoms with Gasteiger partial charge in [0.15, 0.2) is 0 Å². The number of likely N-dealkylation sites (N-methyl/N-ethyl adjacent to an activating group) is 1. The largest absolute Gasteiger partial charge is 0.417 e. The van der Waals surface area contributed by atoms with E-state index in [1.807, 2.05) is 0 Å². The summed E-state index contributed by atoms with van der Waals surface area (Å²) in [4.78, 5) is 32.0. The Morgan fingerprint density at radius 3 is 2.62 bits per heavy atom. The first-order chi connectivity index (χ1) is 13.6. The van der Waals surface area contributed by atoms with E-state index < -0.39 is 28.7 Å². The molecule has 1 aromatic carbocycles. The Morgan fingerprint density at radius 2 is 1.97 bits per heavy atom. The number of urea groups is 1. The molecule has 0 aliphatic carbocycles. The Labute approximate surface area is 170 Å². The number of pyridine rings is 1. The predicted octanol–water partition coefficient (Wildman–Crippen LogP) is 3.62. The lowest BCUT2D eigenvalue weighted by Crippen LogP contribution is -2.43. The van der Waals surface area contributed by atoms with Crippen molar-refractivity contribution in [2.45, 2.75) is 25.7 Å². The number of nitrogens with one attached hydrogen (secondary N) is 1. The van der Waals surface area contributed by atoms with Gasteiger partial charge in [0.1, 0.15) is 11.9 Å². The number of carbonyl (C=O) groups is 2. The maximum atomic E-state index is 13.0. The molecule has 1 N–H and O–H groups in total. The molecule has 0 unspecified atom stereocenters. The summed E-state index contributed by atoms with van der Waals surface area (Å²) in [6.07, 6.45) is -4.59. The second-order valence-corrected chi connectivity index (χ2v) is 7.03. The molecule has 0 spiro atoms. The number of anilines is 1. The van der Waals surface area contributed by atoms with Crippen molar-refractivity contribution in [3.63, 3.8) is 0 Å². The van der Waals surface area contributed by atoms with Crippen LogP contribution in [0.3, 0.4) is 0 Å². The van der Waals surface area contributed by atoms with Crippen LogP contribution in [-0.4, -0.2) is 41.5 Å². The number of alkyl halides is 3. The van der Waals surface area contributed by atoms with Crippen molar-refractivity contribution in [1.29, 1.82) is 0 Å². The van der Waals surface area contributed by atoms with Crippen molar-refractivity contribution in [3.8, 4) is 0 Å². The van der Waals surface area contributed by atoms with Gasteiger partial charge in [0.25, 0.3) is 0 Å². The lowest BCUT2D eigenvalue weighted by molar-refractivity contribution is -0.137. The van der Waals surface area contributed by atoms with Gasteiger partial charge in [-0.1, -0.05) is 29.8 Å². The first-order valence-electron chi connectivity index (χ1n) is 8.70. The fourth-order valence-electron chi connectivity index (χ4n) is 3.06. The molecule has 3 rings (SSSR count). The summed E-state index contributed by atoms with van der Waals surface area (Å²) in [5, 5.41) is 2.11. The predicted molar refractivity (Wildman–Crippen MR) is 102 cm³/mol. The van der Waals surface area contributed by atoms with Gasteiger partial charge in [-0.15, -0.1) is 0 Å². The van der Waals surface area contributed by atoms with Gasteiger partial charge in [0.05, 0.1) is 17.1 Å². The van der Waals surface area contributed by atoms with E-state index in [9.17, 15) is 22.8 Å². The maximum Gasteiger partial charge on any atom is 0.417 e. The second-order valence-electron chi connectivity index (χ2n) is 6.65. The number of hydrogen-bond donors (Lipinski definition) is 1. The molecular formula is C19H18ClF3N4O2. The van der Waals surface area contributed by atoms with Crippen LogP contribution in [0.1, 0.15) is 16.8 Å². The summed E-state index contributed by atoms with van der Waals surface area (Å²) in [5.74, 6) is -0.0671. The van der Waals surface area contributed by atoms with Crippen LogP contribution >= 0.6 is 11.6 Å². The summed E-state index contributed by atoms with van der Waals surface area (Å²) in [6, 6.07) is 7.53. The van der Waals surface area contributed by atoms with Crippen molar-refractivity contribution >= 4 is 29.4 Å².